The molecule has 0 atom stereocenters. The number of aryl methyl sites for hydroxylation is 1. The predicted octanol–water partition coefficient (Wildman–Crippen LogP) is 5.24. The number of amidine groups is 1. The quantitative estimate of drug-likeness (QED) is 0.564. The van der Waals surface area contributed by atoms with Crippen molar-refractivity contribution in [1.82, 2.24) is 4.98 Å². The number of aliphatic hydroxyl groups excluding tert-OH is 1. The molecule has 1 aliphatic rings. The fraction of sp³-hybridized carbons (Fsp3) is 0.100. The number of rotatable bonds is 3. The number of hydrogen-bond donors (Lipinski definition) is 3. The highest BCUT2D eigenvalue weighted by Gasteiger charge is 2.32. The predicted molar refractivity (Wildman–Crippen MR) is 110 cm³/mol. The molecule has 0 unspecified atom stereocenters. The van der Waals surface area contributed by atoms with Crippen LogP contribution in [0.25, 0.3) is 16.8 Å². The average molecular weight is 398 g/mol. The van der Waals surface area contributed by atoms with Crippen LogP contribution < -0.4 is 4.90 Å². The molecule has 5 nitrogen and oxygen atoms in total. The fourth-order valence-corrected chi connectivity index (χ4v) is 4.03. The number of anilines is 1. The molecular weight excluding hydrogens is 382 g/mol. The third-order valence-electron chi connectivity index (χ3n) is 4.38. The summed E-state index contributed by atoms with van der Waals surface area (Å²) >= 11 is 7.30. The van der Waals surface area contributed by atoms with E-state index in [4.69, 9.17) is 17.0 Å². The summed E-state index contributed by atoms with van der Waals surface area (Å²) in [6, 6.07) is 12.6. The largest absolute Gasteiger partial charge is 0.510 e. The van der Waals surface area contributed by atoms with Crippen LogP contribution in [0.1, 0.15) is 10.6 Å². The maximum atomic E-state index is 10.5. The van der Waals surface area contributed by atoms with Gasteiger partial charge in [0.05, 0.1) is 23.5 Å². The summed E-state index contributed by atoms with van der Waals surface area (Å²) < 4.78 is 0. The molecule has 3 aromatic rings. The van der Waals surface area contributed by atoms with Crippen LogP contribution in [0, 0.1) is 12.3 Å². The summed E-state index contributed by atoms with van der Waals surface area (Å²) in [5.74, 6) is 0.260. The Morgan fingerprint density at radius 1 is 1.15 bits per heavy atom. The molecule has 0 fully saturated rings. The zero-order chi connectivity index (χ0) is 19.1. The van der Waals surface area contributed by atoms with Gasteiger partial charge in [0.25, 0.3) is 0 Å². The summed E-state index contributed by atoms with van der Waals surface area (Å²) in [5.41, 5.74) is 3.48. The van der Waals surface area contributed by atoms with Gasteiger partial charge in [-0.1, -0.05) is 29.8 Å². The summed E-state index contributed by atoms with van der Waals surface area (Å²) in [4.78, 5) is 6.16. The minimum absolute atomic E-state index is 0.0666. The first kappa shape index (κ1) is 17.6. The van der Waals surface area contributed by atoms with E-state index >= 15 is 0 Å². The van der Waals surface area contributed by atoms with E-state index in [0.29, 0.717) is 21.3 Å². The molecular formula is C20H16ClN3O2S. The Balaban J connectivity index is 1.65. The maximum absolute atomic E-state index is 10.5. The van der Waals surface area contributed by atoms with E-state index in [9.17, 15) is 10.2 Å². The van der Waals surface area contributed by atoms with Crippen molar-refractivity contribution in [1.29, 1.82) is 5.41 Å². The second kappa shape index (κ2) is 6.72. The number of nitrogens with one attached hydrogen (secondary N) is 1. The molecule has 27 heavy (non-hydrogen) atoms. The normalized spacial score (nSPS) is 14.3. The molecule has 0 saturated heterocycles. The zero-order valence-corrected chi connectivity index (χ0v) is 16.0. The molecule has 0 radical (unpaired) electrons. The van der Waals surface area contributed by atoms with Crippen LogP contribution in [0.4, 0.5) is 5.69 Å². The number of phenolic OH excluding ortho intramolecular Hbond substituents is 1. The second-order valence-corrected chi connectivity index (χ2v) is 7.59. The van der Waals surface area contributed by atoms with Gasteiger partial charge in [-0.2, -0.15) is 0 Å². The van der Waals surface area contributed by atoms with E-state index in [2.05, 4.69) is 4.98 Å². The summed E-state index contributed by atoms with van der Waals surface area (Å²) in [7, 11) is 0. The number of halogens is 1. The van der Waals surface area contributed by atoms with Gasteiger partial charge in [0.15, 0.2) is 0 Å². The molecule has 0 spiro atoms. The van der Waals surface area contributed by atoms with Gasteiger partial charge in [0.2, 0.25) is 0 Å². The number of nitrogens with zero attached hydrogens (tertiary/aromatic N) is 2. The number of benzene rings is 2. The molecule has 0 amide bonds. The first-order valence-corrected chi connectivity index (χ1v) is 9.50. The van der Waals surface area contributed by atoms with Crippen LogP contribution in [-0.4, -0.2) is 27.6 Å². The first-order valence-electron chi connectivity index (χ1n) is 8.24. The van der Waals surface area contributed by atoms with Crippen LogP contribution in [0.15, 0.2) is 53.6 Å². The van der Waals surface area contributed by atoms with Crippen LogP contribution in [-0.2, 0) is 0 Å². The Hall–Kier alpha value is -2.83. The van der Waals surface area contributed by atoms with E-state index in [0.717, 1.165) is 16.8 Å². The van der Waals surface area contributed by atoms with Crippen molar-refractivity contribution in [3.63, 3.8) is 0 Å². The van der Waals surface area contributed by atoms with Gasteiger partial charge in [0.1, 0.15) is 22.4 Å². The Labute approximate surface area is 165 Å². The van der Waals surface area contributed by atoms with Crippen molar-refractivity contribution in [3.8, 4) is 17.0 Å². The van der Waals surface area contributed by atoms with Crippen LogP contribution in [0.3, 0.4) is 0 Å². The van der Waals surface area contributed by atoms with Gasteiger partial charge in [-0.15, -0.1) is 11.3 Å². The molecule has 0 saturated carbocycles. The summed E-state index contributed by atoms with van der Waals surface area (Å²) in [5, 5.41) is 32.3. The lowest BCUT2D eigenvalue weighted by Gasteiger charge is -2.20. The van der Waals surface area contributed by atoms with Crippen molar-refractivity contribution in [2.45, 2.75) is 6.92 Å². The highest BCUT2D eigenvalue weighted by molar-refractivity contribution is 7.11. The van der Waals surface area contributed by atoms with Crippen molar-refractivity contribution in [3.05, 3.63) is 69.2 Å². The smallest absolute Gasteiger partial charge is 0.139 e. The first-order chi connectivity index (χ1) is 12.9. The van der Waals surface area contributed by atoms with Crippen molar-refractivity contribution >= 4 is 40.0 Å². The number of aromatic hydroxyl groups is 1. The Morgan fingerprint density at radius 3 is 2.59 bits per heavy atom. The fourth-order valence-electron chi connectivity index (χ4n) is 3.01. The molecule has 0 aliphatic carbocycles. The Bertz CT molecular complexity index is 1070. The minimum Gasteiger partial charge on any atom is -0.510 e. The standard InChI is InChI=1S/C20H16ClN3O2S/c1-11-2-7-15(16(25)8-11)24-9-17(26)18(19(24)22)20-23-14(10-27-20)12-3-5-13(21)6-4-12/h2-8,10,22,25-26H,9H2,1H3. The van der Waals surface area contributed by atoms with Gasteiger partial charge in [-0.3, -0.25) is 5.41 Å². The van der Waals surface area contributed by atoms with Crippen molar-refractivity contribution < 1.29 is 10.2 Å². The number of aliphatic hydroxyl groups is 1. The second-order valence-electron chi connectivity index (χ2n) is 6.29. The molecule has 2 heterocycles. The molecule has 0 bridgehead atoms. The average Bonchev–Trinajstić information content (AvgIpc) is 3.20. The molecule has 1 aromatic heterocycles. The van der Waals surface area contributed by atoms with E-state index < -0.39 is 0 Å². The lowest BCUT2D eigenvalue weighted by molar-refractivity contribution is 0.411. The van der Waals surface area contributed by atoms with Gasteiger partial charge >= 0.3 is 0 Å². The molecule has 2 aromatic carbocycles. The lowest BCUT2D eigenvalue weighted by atomic mass is 10.2. The van der Waals surface area contributed by atoms with Crippen LogP contribution in [0.2, 0.25) is 5.02 Å². The maximum Gasteiger partial charge on any atom is 0.139 e. The zero-order valence-electron chi connectivity index (χ0n) is 14.4. The molecule has 1 aliphatic heterocycles. The highest BCUT2D eigenvalue weighted by Crippen LogP contribution is 2.37. The van der Waals surface area contributed by atoms with Crippen LogP contribution in [0.5, 0.6) is 5.75 Å². The number of aromatic nitrogens is 1. The topological polar surface area (TPSA) is 80.4 Å². The van der Waals surface area contributed by atoms with E-state index in [1.807, 2.05) is 30.5 Å². The molecule has 4 rings (SSSR count). The SMILES string of the molecule is Cc1ccc(N2CC(O)=C(c3nc(-c4ccc(Cl)cc4)cs3)C2=N)c(O)c1. The summed E-state index contributed by atoms with van der Waals surface area (Å²) in [6.07, 6.45) is 0. The van der Waals surface area contributed by atoms with E-state index in [-0.39, 0.29) is 23.9 Å². The van der Waals surface area contributed by atoms with Gasteiger partial charge in [0, 0.05) is 16.0 Å². The molecule has 136 valence electrons. The van der Waals surface area contributed by atoms with Gasteiger partial charge in [-0.05, 0) is 36.8 Å². The summed E-state index contributed by atoms with van der Waals surface area (Å²) in [6.45, 7) is 2.01. The van der Waals surface area contributed by atoms with E-state index in [1.54, 1.807) is 29.2 Å². The van der Waals surface area contributed by atoms with Crippen molar-refractivity contribution in [2.24, 2.45) is 0 Å². The third-order valence-corrected chi connectivity index (χ3v) is 5.49. The van der Waals surface area contributed by atoms with Gasteiger partial charge in [-0.25, -0.2) is 4.98 Å². The van der Waals surface area contributed by atoms with E-state index in [1.165, 1.54) is 11.3 Å². The molecule has 7 heteroatoms. The Kier molecular flexibility index (Phi) is 4.37. The number of thiazole rings is 1. The van der Waals surface area contributed by atoms with Gasteiger partial charge < -0.3 is 15.1 Å². The van der Waals surface area contributed by atoms with Crippen molar-refractivity contribution in [2.75, 3.05) is 11.4 Å². The number of hydrogen-bond acceptors (Lipinski definition) is 5. The lowest BCUT2D eigenvalue weighted by Crippen LogP contribution is -2.26. The Morgan fingerprint density at radius 2 is 1.89 bits per heavy atom. The molecule has 3 N–H and O–H groups in total. The minimum atomic E-state index is 0.0666. The third kappa shape index (κ3) is 3.18. The number of phenols is 1. The monoisotopic (exact) mass is 397 g/mol. The van der Waals surface area contributed by atoms with Crippen LogP contribution >= 0.6 is 22.9 Å². The highest BCUT2D eigenvalue weighted by atomic mass is 35.5.